The second-order valence-electron chi connectivity index (χ2n) is 6.16. The molecule has 1 aromatic rings. The van der Waals surface area contributed by atoms with Crippen molar-refractivity contribution in [3.63, 3.8) is 0 Å². The Morgan fingerprint density at radius 3 is 2.77 bits per heavy atom. The van der Waals surface area contributed by atoms with E-state index in [2.05, 4.69) is 9.97 Å². The molecular formula is C15H23N3O4. The first-order chi connectivity index (χ1) is 10.4. The highest BCUT2D eigenvalue weighted by atomic mass is 16.6. The smallest absolute Gasteiger partial charge is 0.410 e. The van der Waals surface area contributed by atoms with E-state index in [9.17, 15) is 4.79 Å². The molecule has 2 heterocycles. The van der Waals surface area contributed by atoms with Gasteiger partial charge in [0.05, 0.1) is 26.4 Å². The molecule has 0 bridgehead atoms. The van der Waals surface area contributed by atoms with Crippen LogP contribution in [0.1, 0.15) is 32.9 Å². The Morgan fingerprint density at radius 2 is 2.09 bits per heavy atom. The van der Waals surface area contributed by atoms with Gasteiger partial charge in [-0.3, -0.25) is 4.98 Å². The van der Waals surface area contributed by atoms with Crippen LogP contribution < -0.4 is 4.74 Å². The summed E-state index contributed by atoms with van der Waals surface area (Å²) in [4.78, 5) is 21.9. The van der Waals surface area contributed by atoms with Crippen LogP contribution in [0.4, 0.5) is 4.79 Å². The molecule has 1 amide bonds. The van der Waals surface area contributed by atoms with Crippen LogP contribution in [0.5, 0.6) is 5.88 Å². The second kappa shape index (κ2) is 6.91. The molecule has 0 aliphatic carbocycles. The predicted octanol–water partition coefficient (Wildman–Crippen LogP) is 2.01. The largest absolute Gasteiger partial charge is 0.480 e. The molecule has 0 radical (unpaired) electrons. The maximum atomic E-state index is 12.0. The van der Waals surface area contributed by atoms with Crippen LogP contribution in [0.25, 0.3) is 0 Å². The van der Waals surface area contributed by atoms with E-state index < -0.39 is 5.60 Å². The first-order valence-corrected chi connectivity index (χ1v) is 7.32. The maximum absolute atomic E-state index is 12.0. The molecular weight excluding hydrogens is 286 g/mol. The highest BCUT2D eigenvalue weighted by Gasteiger charge is 2.30. The summed E-state index contributed by atoms with van der Waals surface area (Å²) in [5.74, 6) is 0.462. The molecule has 1 aliphatic rings. The quantitative estimate of drug-likeness (QED) is 0.847. The SMILES string of the molecule is COc1nccnc1CO[C@@H]1CCN(C(=O)OC(C)(C)C)C1. The van der Waals surface area contributed by atoms with E-state index in [1.165, 1.54) is 0 Å². The number of hydrogen-bond acceptors (Lipinski definition) is 6. The summed E-state index contributed by atoms with van der Waals surface area (Å²) in [7, 11) is 1.55. The minimum absolute atomic E-state index is 0.0285. The Kier molecular flexibility index (Phi) is 5.18. The van der Waals surface area contributed by atoms with Crippen LogP contribution in [0.2, 0.25) is 0 Å². The minimum Gasteiger partial charge on any atom is -0.480 e. The van der Waals surface area contributed by atoms with E-state index >= 15 is 0 Å². The summed E-state index contributed by atoms with van der Waals surface area (Å²) >= 11 is 0. The van der Waals surface area contributed by atoms with Crippen LogP contribution in [-0.4, -0.2) is 52.9 Å². The van der Waals surface area contributed by atoms with Gasteiger partial charge in [0, 0.05) is 18.9 Å². The first kappa shape index (κ1) is 16.5. The second-order valence-corrected chi connectivity index (χ2v) is 6.16. The number of aromatic nitrogens is 2. The lowest BCUT2D eigenvalue weighted by Gasteiger charge is -2.24. The van der Waals surface area contributed by atoms with Crippen LogP contribution in [0, 0.1) is 0 Å². The summed E-state index contributed by atoms with van der Waals surface area (Å²) in [5, 5.41) is 0. The normalized spacial score (nSPS) is 18.4. The zero-order valence-electron chi connectivity index (χ0n) is 13.5. The van der Waals surface area contributed by atoms with E-state index in [1.54, 1.807) is 24.4 Å². The number of carbonyl (C=O) groups is 1. The third-order valence-electron chi connectivity index (χ3n) is 3.18. The van der Waals surface area contributed by atoms with Crippen molar-refractivity contribution < 1.29 is 19.0 Å². The average molecular weight is 309 g/mol. The summed E-state index contributed by atoms with van der Waals surface area (Å²) in [6.07, 6.45) is 3.63. The fourth-order valence-electron chi connectivity index (χ4n) is 2.18. The van der Waals surface area contributed by atoms with Crippen molar-refractivity contribution in [1.29, 1.82) is 0 Å². The Labute approximate surface area is 130 Å². The Hall–Kier alpha value is -1.89. The van der Waals surface area contributed by atoms with Crippen molar-refractivity contribution in [1.82, 2.24) is 14.9 Å². The number of methoxy groups -OCH3 is 1. The van der Waals surface area contributed by atoms with Gasteiger partial charge in [0.1, 0.15) is 11.3 Å². The maximum Gasteiger partial charge on any atom is 0.410 e. The van der Waals surface area contributed by atoms with Crippen molar-refractivity contribution in [3.8, 4) is 5.88 Å². The van der Waals surface area contributed by atoms with Crippen LogP contribution in [0.3, 0.4) is 0 Å². The van der Waals surface area contributed by atoms with Crippen molar-refractivity contribution in [2.75, 3.05) is 20.2 Å². The molecule has 1 aromatic heterocycles. The number of carbonyl (C=O) groups excluding carboxylic acids is 1. The van der Waals surface area contributed by atoms with Crippen molar-refractivity contribution in [3.05, 3.63) is 18.1 Å². The van der Waals surface area contributed by atoms with Gasteiger partial charge >= 0.3 is 6.09 Å². The highest BCUT2D eigenvalue weighted by molar-refractivity contribution is 5.68. The van der Waals surface area contributed by atoms with Crippen LogP contribution in [0.15, 0.2) is 12.4 Å². The number of likely N-dealkylation sites (tertiary alicyclic amines) is 1. The third kappa shape index (κ3) is 4.56. The molecule has 1 aliphatic heterocycles. The molecule has 0 unspecified atom stereocenters. The molecule has 0 spiro atoms. The van der Waals surface area contributed by atoms with Gasteiger partial charge in [0.2, 0.25) is 5.88 Å². The summed E-state index contributed by atoms with van der Waals surface area (Å²) < 4.78 is 16.3. The number of hydrogen-bond donors (Lipinski definition) is 0. The molecule has 122 valence electrons. The van der Waals surface area contributed by atoms with Gasteiger partial charge < -0.3 is 19.1 Å². The summed E-state index contributed by atoms with van der Waals surface area (Å²) in [6, 6.07) is 0. The summed E-state index contributed by atoms with van der Waals surface area (Å²) in [6.45, 7) is 7.04. The molecule has 1 atom stereocenters. The zero-order chi connectivity index (χ0) is 16.2. The molecule has 2 rings (SSSR count). The predicted molar refractivity (Wildman–Crippen MR) is 79.6 cm³/mol. The van der Waals surface area contributed by atoms with E-state index in [-0.39, 0.29) is 12.2 Å². The van der Waals surface area contributed by atoms with E-state index in [0.29, 0.717) is 31.3 Å². The lowest BCUT2D eigenvalue weighted by atomic mass is 10.2. The lowest BCUT2D eigenvalue weighted by Crippen LogP contribution is -2.36. The van der Waals surface area contributed by atoms with Gasteiger partial charge in [-0.2, -0.15) is 0 Å². The van der Waals surface area contributed by atoms with E-state index in [0.717, 1.165) is 6.42 Å². The van der Waals surface area contributed by atoms with Crippen LogP contribution in [-0.2, 0) is 16.1 Å². The standard InChI is InChI=1S/C15H23N3O4/c1-15(2,3)22-14(19)18-8-5-11(9-18)21-10-12-13(20-4)17-7-6-16-12/h6-7,11H,5,8-10H2,1-4H3/t11-/m1/s1. The topological polar surface area (TPSA) is 73.8 Å². The van der Waals surface area contributed by atoms with Gasteiger partial charge in [0.25, 0.3) is 0 Å². The molecule has 22 heavy (non-hydrogen) atoms. The fourth-order valence-corrected chi connectivity index (χ4v) is 2.18. The van der Waals surface area contributed by atoms with Crippen LogP contribution >= 0.6 is 0 Å². The van der Waals surface area contributed by atoms with Gasteiger partial charge in [0.15, 0.2) is 0 Å². The van der Waals surface area contributed by atoms with E-state index in [4.69, 9.17) is 14.2 Å². The van der Waals surface area contributed by atoms with Gasteiger partial charge in [-0.15, -0.1) is 0 Å². The average Bonchev–Trinajstić information content (AvgIpc) is 2.92. The molecule has 0 N–H and O–H groups in total. The van der Waals surface area contributed by atoms with E-state index in [1.807, 2.05) is 20.8 Å². The third-order valence-corrected chi connectivity index (χ3v) is 3.18. The fraction of sp³-hybridized carbons (Fsp3) is 0.667. The number of amides is 1. The summed E-state index contributed by atoms with van der Waals surface area (Å²) in [5.41, 5.74) is 0.170. The van der Waals surface area contributed by atoms with Crippen molar-refractivity contribution >= 4 is 6.09 Å². The lowest BCUT2D eigenvalue weighted by molar-refractivity contribution is 0.0176. The number of nitrogens with zero attached hydrogens (tertiary/aromatic N) is 3. The first-order valence-electron chi connectivity index (χ1n) is 7.32. The van der Waals surface area contributed by atoms with Gasteiger partial charge in [-0.05, 0) is 27.2 Å². The minimum atomic E-state index is -0.483. The molecule has 7 nitrogen and oxygen atoms in total. The molecule has 0 saturated carbocycles. The molecule has 1 fully saturated rings. The molecule has 1 saturated heterocycles. The zero-order valence-corrected chi connectivity index (χ0v) is 13.5. The van der Waals surface area contributed by atoms with Crippen molar-refractivity contribution in [2.45, 2.75) is 45.5 Å². The highest BCUT2D eigenvalue weighted by Crippen LogP contribution is 2.19. The number of rotatable bonds is 4. The monoisotopic (exact) mass is 309 g/mol. The molecule has 7 heteroatoms. The Bertz CT molecular complexity index is 516. The van der Waals surface area contributed by atoms with Crippen molar-refractivity contribution in [2.24, 2.45) is 0 Å². The Morgan fingerprint density at radius 1 is 1.36 bits per heavy atom. The van der Waals surface area contributed by atoms with Gasteiger partial charge in [-0.1, -0.05) is 0 Å². The Balaban J connectivity index is 1.83. The van der Waals surface area contributed by atoms with Gasteiger partial charge in [-0.25, -0.2) is 9.78 Å². The molecule has 0 aromatic carbocycles. The number of ether oxygens (including phenoxy) is 3.